The van der Waals surface area contributed by atoms with Crippen LogP contribution >= 0.6 is 11.6 Å². The van der Waals surface area contributed by atoms with Gasteiger partial charge in [0.05, 0.1) is 36.7 Å². The molecule has 3 aromatic rings. The monoisotopic (exact) mass is 444 g/mol. The van der Waals surface area contributed by atoms with Crippen LogP contribution in [0.4, 0.5) is 11.4 Å². The van der Waals surface area contributed by atoms with Crippen molar-refractivity contribution in [1.29, 1.82) is 0 Å². The molecule has 0 radical (unpaired) electrons. The minimum absolute atomic E-state index is 0.0432. The van der Waals surface area contributed by atoms with E-state index in [-0.39, 0.29) is 16.8 Å². The van der Waals surface area contributed by atoms with Crippen molar-refractivity contribution in [2.24, 2.45) is 0 Å². The van der Waals surface area contributed by atoms with Gasteiger partial charge in [0.2, 0.25) is 0 Å². The molecule has 1 unspecified atom stereocenters. The summed E-state index contributed by atoms with van der Waals surface area (Å²) in [6.45, 7) is 3.87. The summed E-state index contributed by atoms with van der Waals surface area (Å²) in [7, 11) is 3.14. The maximum atomic E-state index is 12.7. The Bertz CT molecular complexity index is 1180. The first-order valence-corrected chi connectivity index (χ1v) is 9.66. The number of hydrogen-bond donors (Lipinski definition) is 1. The predicted molar refractivity (Wildman–Crippen MR) is 118 cm³/mol. The third kappa shape index (κ3) is 4.46. The molecule has 0 spiro atoms. The van der Waals surface area contributed by atoms with Gasteiger partial charge in [-0.1, -0.05) is 11.6 Å². The van der Waals surface area contributed by atoms with E-state index in [2.05, 4.69) is 10.4 Å². The molecular weight excluding hydrogens is 424 g/mol. The molecule has 0 aliphatic carbocycles. The number of nitro benzene ring substituents is 1. The Hall–Kier alpha value is -3.59. The highest BCUT2D eigenvalue weighted by molar-refractivity contribution is 6.33. The lowest BCUT2D eigenvalue weighted by molar-refractivity contribution is -0.384. The van der Waals surface area contributed by atoms with Crippen LogP contribution in [0.1, 0.15) is 24.1 Å². The molecule has 0 bridgehead atoms. The summed E-state index contributed by atoms with van der Waals surface area (Å²) in [5.74, 6) is 1.22. The van der Waals surface area contributed by atoms with Crippen LogP contribution in [0, 0.1) is 17.0 Å². The van der Waals surface area contributed by atoms with E-state index in [0.29, 0.717) is 22.9 Å². The summed E-state index contributed by atoms with van der Waals surface area (Å²) in [5.41, 5.74) is 2.02. The Morgan fingerprint density at radius 3 is 2.35 bits per heavy atom. The number of hydrogen-bond acceptors (Lipinski definition) is 7. The average molecular weight is 445 g/mol. The van der Waals surface area contributed by atoms with E-state index in [0.717, 1.165) is 15.8 Å². The lowest BCUT2D eigenvalue weighted by Gasteiger charge is -2.20. The van der Waals surface area contributed by atoms with Crippen LogP contribution in [0.3, 0.4) is 0 Å². The van der Waals surface area contributed by atoms with Crippen LogP contribution in [-0.2, 0) is 0 Å². The molecule has 1 aromatic heterocycles. The van der Waals surface area contributed by atoms with Gasteiger partial charge in [-0.15, -0.1) is 0 Å². The van der Waals surface area contributed by atoms with Crippen molar-refractivity contribution in [2.45, 2.75) is 19.9 Å². The van der Waals surface area contributed by atoms with Gasteiger partial charge in [0.1, 0.15) is 5.02 Å². The van der Waals surface area contributed by atoms with Crippen molar-refractivity contribution in [2.75, 3.05) is 19.5 Å². The molecule has 0 fully saturated rings. The van der Waals surface area contributed by atoms with E-state index >= 15 is 0 Å². The molecule has 0 amide bonds. The Morgan fingerprint density at radius 2 is 1.77 bits per heavy atom. The van der Waals surface area contributed by atoms with E-state index in [1.165, 1.54) is 30.5 Å². The number of methoxy groups -OCH3 is 2. The second-order valence-electron chi connectivity index (χ2n) is 6.79. The number of nitro groups is 1. The number of benzene rings is 2. The zero-order chi connectivity index (χ0) is 22.7. The molecule has 162 valence electrons. The molecule has 1 N–H and O–H groups in total. The molecule has 2 aromatic carbocycles. The maximum Gasteiger partial charge on any atom is 0.292 e. The van der Waals surface area contributed by atoms with Crippen molar-refractivity contribution < 1.29 is 14.4 Å². The quantitative estimate of drug-likeness (QED) is 0.427. The van der Waals surface area contributed by atoms with Gasteiger partial charge in [0, 0.05) is 18.2 Å². The first kappa shape index (κ1) is 22.1. The second kappa shape index (κ2) is 9.05. The second-order valence-corrected chi connectivity index (χ2v) is 7.17. The van der Waals surface area contributed by atoms with Gasteiger partial charge in [-0.3, -0.25) is 14.9 Å². The normalized spacial score (nSPS) is 11.6. The highest BCUT2D eigenvalue weighted by Gasteiger charge is 2.17. The number of aryl methyl sites for hydroxylation is 1. The summed E-state index contributed by atoms with van der Waals surface area (Å²) in [5, 5.41) is 18.1. The number of anilines is 1. The summed E-state index contributed by atoms with van der Waals surface area (Å²) in [6.07, 6.45) is 1.44. The van der Waals surface area contributed by atoms with Crippen LogP contribution in [0.25, 0.3) is 5.69 Å². The van der Waals surface area contributed by atoms with Gasteiger partial charge in [-0.25, -0.2) is 0 Å². The zero-order valence-electron chi connectivity index (χ0n) is 17.4. The van der Waals surface area contributed by atoms with Crippen LogP contribution in [0.2, 0.25) is 5.02 Å². The highest BCUT2D eigenvalue weighted by Crippen LogP contribution is 2.34. The largest absolute Gasteiger partial charge is 0.493 e. The van der Waals surface area contributed by atoms with Gasteiger partial charge >= 0.3 is 0 Å². The van der Waals surface area contributed by atoms with E-state index in [9.17, 15) is 14.9 Å². The predicted octanol–water partition coefficient (Wildman–Crippen LogP) is 4.29. The number of nitrogens with zero attached hydrogens (tertiary/aromatic N) is 3. The molecule has 9 nitrogen and oxygen atoms in total. The lowest BCUT2D eigenvalue weighted by Crippen LogP contribution is -2.23. The third-order valence-corrected chi connectivity index (χ3v) is 5.20. The van der Waals surface area contributed by atoms with E-state index in [1.54, 1.807) is 14.2 Å². The molecule has 0 aliphatic rings. The Labute approximate surface area is 183 Å². The third-order valence-electron chi connectivity index (χ3n) is 4.83. The van der Waals surface area contributed by atoms with Crippen molar-refractivity contribution in [3.63, 3.8) is 0 Å². The standard InChI is InChI=1S/C21H21ClN4O5/c1-12-9-18(30-3)19(31-4)10-16(12)13(2)24-17-11-23-25(21(27)20(17)22)14-5-7-15(8-6-14)26(28)29/h5-11,13,24H,1-4H3. The van der Waals surface area contributed by atoms with Crippen LogP contribution in [-0.4, -0.2) is 28.9 Å². The molecule has 0 saturated heterocycles. The van der Waals surface area contributed by atoms with Crippen molar-refractivity contribution >= 4 is 23.0 Å². The molecule has 1 heterocycles. The van der Waals surface area contributed by atoms with E-state index in [1.807, 2.05) is 26.0 Å². The van der Waals surface area contributed by atoms with Crippen LogP contribution in [0.15, 0.2) is 47.4 Å². The summed E-state index contributed by atoms with van der Waals surface area (Å²) < 4.78 is 11.8. The SMILES string of the molecule is COc1cc(C)c(C(C)Nc2cnn(-c3ccc([N+](=O)[O-])cc3)c(=O)c2Cl)cc1OC. The average Bonchev–Trinajstić information content (AvgIpc) is 2.76. The number of non-ortho nitro benzene ring substituents is 1. The number of halogens is 1. The Morgan fingerprint density at radius 1 is 1.16 bits per heavy atom. The molecule has 10 heteroatoms. The fourth-order valence-electron chi connectivity index (χ4n) is 3.21. The van der Waals surface area contributed by atoms with Gasteiger partial charge in [-0.05, 0) is 49.2 Å². The zero-order valence-corrected chi connectivity index (χ0v) is 18.1. The van der Waals surface area contributed by atoms with Crippen molar-refractivity contribution in [3.05, 3.63) is 79.2 Å². The van der Waals surface area contributed by atoms with Gasteiger partial charge in [0.15, 0.2) is 11.5 Å². The molecular formula is C21H21ClN4O5. The fraction of sp³-hybridized carbons (Fsp3) is 0.238. The number of ether oxygens (including phenoxy) is 2. The van der Waals surface area contributed by atoms with Crippen LogP contribution < -0.4 is 20.3 Å². The van der Waals surface area contributed by atoms with Crippen LogP contribution in [0.5, 0.6) is 11.5 Å². The molecule has 0 aliphatic heterocycles. The highest BCUT2D eigenvalue weighted by atomic mass is 35.5. The van der Waals surface area contributed by atoms with E-state index in [4.69, 9.17) is 21.1 Å². The first-order chi connectivity index (χ1) is 14.8. The maximum absolute atomic E-state index is 12.7. The minimum atomic E-state index is -0.545. The molecule has 3 rings (SSSR count). The number of rotatable bonds is 7. The van der Waals surface area contributed by atoms with Crippen molar-refractivity contribution in [1.82, 2.24) is 9.78 Å². The minimum Gasteiger partial charge on any atom is -0.493 e. The fourth-order valence-corrected chi connectivity index (χ4v) is 3.39. The van der Waals surface area contributed by atoms with Crippen molar-refractivity contribution in [3.8, 4) is 17.2 Å². The number of aromatic nitrogens is 2. The Balaban J connectivity index is 1.90. The Kier molecular flexibility index (Phi) is 6.45. The lowest BCUT2D eigenvalue weighted by atomic mass is 10.0. The van der Waals surface area contributed by atoms with E-state index < -0.39 is 10.5 Å². The first-order valence-electron chi connectivity index (χ1n) is 9.28. The van der Waals surface area contributed by atoms with Gasteiger partial charge < -0.3 is 14.8 Å². The topological polar surface area (TPSA) is 109 Å². The molecule has 1 atom stereocenters. The summed E-state index contributed by atoms with van der Waals surface area (Å²) in [6, 6.07) is 8.99. The molecule has 0 saturated carbocycles. The van der Waals surface area contributed by atoms with Gasteiger partial charge in [0.25, 0.3) is 11.2 Å². The summed E-state index contributed by atoms with van der Waals surface area (Å²) in [4.78, 5) is 23.0. The number of nitrogens with one attached hydrogen (secondary N) is 1. The summed E-state index contributed by atoms with van der Waals surface area (Å²) >= 11 is 6.32. The molecule has 31 heavy (non-hydrogen) atoms. The smallest absolute Gasteiger partial charge is 0.292 e. The van der Waals surface area contributed by atoms with Gasteiger partial charge in [-0.2, -0.15) is 9.78 Å².